The highest BCUT2D eigenvalue weighted by atomic mass is 31.2. The minimum absolute atomic E-state index is 0.258. The summed E-state index contributed by atoms with van der Waals surface area (Å²) in [5, 5.41) is 3.32. The highest BCUT2D eigenvalue weighted by Gasteiger charge is 2.35. The van der Waals surface area contributed by atoms with Crippen LogP contribution in [0.1, 0.15) is 76.3 Å². The first-order valence-corrected chi connectivity index (χ1v) is 12.4. The van der Waals surface area contributed by atoms with E-state index in [1.165, 1.54) is 36.8 Å². The molecule has 0 saturated heterocycles. The van der Waals surface area contributed by atoms with Gasteiger partial charge in [-0.3, -0.25) is 4.79 Å². The molecule has 3 unspecified atom stereocenters. The maximum Gasteiger partial charge on any atom is 0.323 e. The Labute approximate surface area is 176 Å². The SMILES string of the molecule is CCOC(=O)C(C)NP(COC)Oc1c(C(C)C2CC2)cccc1[C@H](C)C1CC1. The molecular weight excluding hydrogens is 385 g/mol. The first-order valence-electron chi connectivity index (χ1n) is 11.0. The lowest BCUT2D eigenvalue weighted by Crippen LogP contribution is -2.34. The number of methoxy groups -OCH3 is 1. The average molecular weight is 422 g/mol. The van der Waals surface area contributed by atoms with Crippen LogP contribution in [-0.2, 0) is 14.3 Å². The van der Waals surface area contributed by atoms with Crippen LogP contribution in [0.3, 0.4) is 0 Å². The number of rotatable bonds is 12. The standard InChI is InChI=1S/C23H36NO4P/c1-6-27-23(25)17(4)24-29(14-26-5)28-22-20(15(2)18-10-11-18)8-7-9-21(22)16(3)19-12-13-19/h7-9,15-19,24H,6,10-14H2,1-5H3/t15-,16?,17?,29?/m1/s1. The molecule has 2 aliphatic rings. The van der Waals surface area contributed by atoms with E-state index in [1.807, 2.05) is 13.8 Å². The van der Waals surface area contributed by atoms with Crippen LogP contribution in [0.2, 0.25) is 0 Å². The van der Waals surface area contributed by atoms with Gasteiger partial charge in [-0.2, -0.15) is 0 Å². The Kier molecular flexibility index (Phi) is 7.95. The summed E-state index contributed by atoms with van der Waals surface area (Å²) in [5.41, 5.74) is 2.60. The summed E-state index contributed by atoms with van der Waals surface area (Å²) in [4.78, 5) is 12.1. The second-order valence-corrected chi connectivity index (χ2v) is 9.96. The molecule has 0 aromatic heterocycles. The number of esters is 1. The topological polar surface area (TPSA) is 56.8 Å². The minimum atomic E-state index is -1.17. The maximum absolute atomic E-state index is 12.1. The molecule has 2 fully saturated rings. The van der Waals surface area contributed by atoms with Gasteiger partial charge in [0.1, 0.15) is 18.1 Å². The predicted molar refractivity (Wildman–Crippen MR) is 117 cm³/mol. The van der Waals surface area contributed by atoms with Crippen LogP contribution in [0.25, 0.3) is 0 Å². The van der Waals surface area contributed by atoms with Gasteiger partial charge in [-0.05, 0) is 74.3 Å². The van der Waals surface area contributed by atoms with Crippen molar-refractivity contribution in [3.8, 4) is 5.75 Å². The predicted octanol–water partition coefficient (Wildman–Crippen LogP) is 5.55. The third kappa shape index (κ3) is 5.93. The zero-order valence-corrected chi connectivity index (χ0v) is 19.3. The molecular formula is C23H36NO4P. The number of carbonyl (C=O) groups is 1. The molecule has 0 spiro atoms. The molecule has 5 nitrogen and oxygen atoms in total. The summed E-state index contributed by atoms with van der Waals surface area (Å²) in [5.74, 6) is 3.23. The van der Waals surface area contributed by atoms with Crippen molar-refractivity contribution >= 4 is 14.3 Å². The van der Waals surface area contributed by atoms with E-state index in [0.29, 0.717) is 24.8 Å². The fraction of sp³-hybridized carbons (Fsp3) is 0.696. The summed E-state index contributed by atoms with van der Waals surface area (Å²) < 4.78 is 17.2. The molecule has 4 atom stereocenters. The molecule has 0 aliphatic heterocycles. The lowest BCUT2D eigenvalue weighted by atomic mass is 9.88. The minimum Gasteiger partial charge on any atom is -0.465 e. The van der Waals surface area contributed by atoms with Crippen LogP contribution in [0.5, 0.6) is 5.75 Å². The zero-order valence-electron chi connectivity index (χ0n) is 18.4. The van der Waals surface area contributed by atoms with Gasteiger partial charge in [0.25, 0.3) is 0 Å². The fourth-order valence-electron chi connectivity index (χ4n) is 3.95. The Hall–Kier alpha value is -1.16. The first kappa shape index (κ1) is 22.5. The number of hydrogen-bond acceptors (Lipinski definition) is 5. The van der Waals surface area contributed by atoms with E-state index >= 15 is 0 Å². The Bertz CT molecular complexity index is 653. The summed E-state index contributed by atoms with van der Waals surface area (Å²) in [7, 11) is 0.496. The van der Waals surface area contributed by atoms with E-state index in [0.717, 1.165) is 17.6 Å². The molecule has 3 rings (SSSR count). The van der Waals surface area contributed by atoms with Gasteiger partial charge < -0.3 is 14.0 Å². The molecule has 1 aromatic rings. The van der Waals surface area contributed by atoms with E-state index in [9.17, 15) is 4.79 Å². The van der Waals surface area contributed by atoms with Crippen LogP contribution in [0.4, 0.5) is 0 Å². The second-order valence-electron chi connectivity index (χ2n) is 8.51. The molecule has 6 heteroatoms. The average Bonchev–Trinajstić information content (AvgIpc) is 3.59. The Morgan fingerprint density at radius 1 is 1.10 bits per heavy atom. The van der Waals surface area contributed by atoms with Crippen LogP contribution in [0, 0.1) is 11.8 Å². The molecule has 2 saturated carbocycles. The number of nitrogens with one attached hydrogen (secondary N) is 1. The summed E-state index contributed by atoms with van der Waals surface area (Å²) in [6.07, 6.45) is 5.62. The van der Waals surface area contributed by atoms with Gasteiger partial charge in [0.05, 0.1) is 6.61 Å². The molecule has 0 radical (unpaired) electrons. The van der Waals surface area contributed by atoms with Crippen LogP contribution in [-0.4, -0.2) is 32.1 Å². The fourth-order valence-corrected chi connectivity index (χ4v) is 5.33. The number of para-hydroxylation sites is 1. The van der Waals surface area contributed by atoms with Crippen molar-refractivity contribution in [2.75, 3.05) is 20.1 Å². The molecule has 1 aromatic carbocycles. The van der Waals surface area contributed by atoms with Gasteiger partial charge in [0.2, 0.25) is 0 Å². The van der Waals surface area contributed by atoms with E-state index in [-0.39, 0.29) is 5.97 Å². The van der Waals surface area contributed by atoms with Crippen molar-refractivity contribution in [1.29, 1.82) is 0 Å². The monoisotopic (exact) mass is 421 g/mol. The van der Waals surface area contributed by atoms with E-state index in [1.54, 1.807) is 7.11 Å². The molecule has 162 valence electrons. The molecule has 0 bridgehead atoms. The summed E-state index contributed by atoms with van der Waals surface area (Å²) in [6, 6.07) is 6.18. The molecule has 1 N–H and O–H groups in total. The van der Waals surface area contributed by atoms with E-state index in [2.05, 4.69) is 37.1 Å². The highest BCUT2D eigenvalue weighted by molar-refractivity contribution is 7.50. The molecule has 0 amide bonds. The number of ether oxygens (including phenoxy) is 2. The summed E-state index contributed by atoms with van der Waals surface area (Å²) >= 11 is 0. The van der Waals surface area contributed by atoms with Gasteiger partial charge >= 0.3 is 5.97 Å². The van der Waals surface area contributed by atoms with Crippen molar-refractivity contribution < 1.29 is 18.8 Å². The lowest BCUT2D eigenvalue weighted by molar-refractivity contribution is -0.144. The number of benzene rings is 1. The van der Waals surface area contributed by atoms with Crippen molar-refractivity contribution in [3.63, 3.8) is 0 Å². The number of hydrogen-bond donors (Lipinski definition) is 1. The third-order valence-corrected chi connectivity index (χ3v) is 7.71. The summed E-state index contributed by atoms with van der Waals surface area (Å²) in [6.45, 7) is 8.65. The molecule has 0 heterocycles. The van der Waals surface area contributed by atoms with Gasteiger partial charge in [0.15, 0.2) is 8.30 Å². The second kappa shape index (κ2) is 10.2. The molecule has 29 heavy (non-hydrogen) atoms. The van der Waals surface area contributed by atoms with Crippen molar-refractivity contribution in [3.05, 3.63) is 29.3 Å². The van der Waals surface area contributed by atoms with Gasteiger partial charge in [-0.15, -0.1) is 0 Å². The quantitative estimate of drug-likeness (QED) is 0.354. The maximum atomic E-state index is 12.1. The van der Waals surface area contributed by atoms with Gasteiger partial charge in [-0.1, -0.05) is 32.0 Å². The normalized spacial score (nSPS) is 20.6. The lowest BCUT2D eigenvalue weighted by Gasteiger charge is -2.27. The van der Waals surface area contributed by atoms with Crippen molar-refractivity contribution in [2.24, 2.45) is 11.8 Å². The Morgan fingerprint density at radius 3 is 2.10 bits per heavy atom. The van der Waals surface area contributed by atoms with Crippen LogP contribution < -0.4 is 9.61 Å². The van der Waals surface area contributed by atoms with Crippen LogP contribution >= 0.6 is 8.30 Å². The molecule has 2 aliphatic carbocycles. The van der Waals surface area contributed by atoms with E-state index in [4.69, 9.17) is 14.0 Å². The van der Waals surface area contributed by atoms with Crippen molar-refractivity contribution in [1.82, 2.24) is 5.09 Å². The first-order chi connectivity index (χ1) is 14.0. The zero-order chi connectivity index (χ0) is 21.0. The van der Waals surface area contributed by atoms with Gasteiger partial charge in [-0.25, -0.2) is 5.09 Å². The van der Waals surface area contributed by atoms with E-state index < -0.39 is 14.3 Å². The smallest absolute Gasteiger partial charge is 0.323 e. The van der Waals surface area contributed by atoms with Gasteiger partial charge in [0, 0.05) is 7.11 Å². The Balaban J connectivity index is 1.85. The highest BCUT2D eigenvalue weighted by Crippen LogP contribution is 2.52. The van der Waals surface area contributed by atoms with Crippen LogP contribution in [0.15, 0.2) is 18.2 Å². The largest absolute Gasteiger partial charge is 0.465 e. The Morgan fingerprint density at radius 2 is 1.66 bits per heavy atom. The number of carbonyl (C=O) groups excluding carboxylic acids is 1. The third-order valence-electron chi connectivity index (χ3n) is 6.14. The van der Waals surface area contributed by atoms with Crippen molar-refractivity contribution in [2.45, 2.75) is 71.3 Å².